The van der Waals surface area contributed by atoms with Crippen molar-refractivity contribution >= 4 is 17.2 Å². The van der Waals surface area contributed by atoms with E-state index in [0.717, 1.165) is 11.3 Å². The third-order valence-electron chi connectivity index (χ3n) is 2.36. The minimum absolute atomic E-state index is 0.406. The number of nitrogens with zero attached hydrogens (tertiary/aromatic N) is 2. The average molecular weight is 251 g/mol. The second kappa shape index (κ2) is 5.11. The van der Waals surface area contributed by atoms with Crippen LogP contribution in [0.4, 0.5) is 0 Å². The van der Waals surface area contributed by atoms with Gasteiger partial charge in [-0.2, -0.15) is 16.4 Å². The Kier molecular flexibility index (Phi) is 3.55. The first kappa shape index (κ1) is 11.8. The van der Waals surface area contributed by atoms with Gasteiger partial charge in [-0.05, 0) is 17.5 Å². The fraction of sp³-hybridized carbons (Fsp3) is 0.273. The molecule has 0 fully saturated rings. The van der Waals surface area contributed by atoms with E-state index in [1.54, 1.807) is 29.2 Å². The number of carbonyl (C=O) groups is 1. The van der Waals surface area contributed by atoms with E-state index in [9.17, 15) is 4.79 Å². The number of primary amides is 1. The van der Waals surface area contributed by atoms with Crippen molar-refractivity contribution in [2.45, 2.75) is 6.54 Å². The number of rotatable bonds is 5. The molecule has 5 nitrogen and oxygen atoms in total. The summed E-state index contributed by atoms with van der Waals surface area (Å²) in [5.74, 6) is -0.477. The lowest BCUT2D eigenvalue weighted by atomic mass is 10.2. The van der Waals surface area contributed by atoms with E-state index in [1.807, 2.05) is 16.8 Å². The van der Waals surface area contributed by atoms with E-state index in [0.29, 0.717) is 18.8 Å². The Morgan fingerprint density at radius 3 is 3.06 bits per heavy atom. The van der Waals surface area contributed by atoms with Crippen LogP contribution in [0, 0.1) is 0 Å². The number of ether oxygens (including phenoxy) is 1. The number of carbonyl (C=O) groups excluding carboxylic acids is 1. The number of nitrogens with two attached hydrogens (primary N) is 1. The lowest BCUT2D eigenvalue weighted by Gasteiger charge is -2.02. The smallest absolute Gasteiger partial charge is 0.266 e. The van der Waals surface area contributed by atoms with Gasteiger partial charge in [0.1, 0.15) is 5.69 Å². The molecular formula is C11H13N3O2S. The number of amides is 1. The molecule has 0 bridgehead atoms. The van der Waals surface area contributed by atoms with Gasteiger partial charge in [-0.25, -0.2) is 0 Å². The van der Waals surface area contributed by atoms with Gasteiger partial charge in [-0.1, -0.05) is 0 Å². The molecule has 2 aromatic heterocycles. The summed E-state index contributed by atoms with van der Waals surface area (Å²) in [6.45, 7) is 1.00. The normalized spacial score (nSPS) is 10.6. The van der Waals surface area contributed by atoms with Crippen LogP contribution in [-0.2, 0) is 11.3 Å². The lowest BCUT2D eigenvalue weighted by molar-refractivity contribution is 0.0986. The van der Waals surface area contributed by atoms with E-state index in [1.165, 1.54) is 0 Å². The highest BCUT2D eigenvalue weighted by atomic mass is 32.1. The minimum Gasteiger partial charge on any atom is -0.383 e. The quantitative estimate of drug-likeness (QED) is 0.872. The summed E-state index contributed by atoms with van der Waals surface area (Å²) in [6, 6.07) is 3.67. The summed E-state index contributed by atoms with van der Waals surface area (Å²) in [5.41, 5.74) is 7.48. The van der Waals surface area contributed by atoms with Gasteiger partial charge in [0.2, 0.25) is 0 Å². The van der Waals surface area contributed by atoms with E-state index >= 15 is 0 Å². The third kappa shape index (κ3) is 2.54. The van der Waals surface area contributed by atoms with Crippen LogP contribution in [-0.4, -0.2) is 29.4 Å². The molecule has 1 amide bonds. The first-order chi connectivity index (χ1) is 8.22. The first-order valence-electron chi connectivity index (χ1n) is 5.11. The highest BCUT2D eigenvalue weighted by molar-refractivity contribution is 7.08. The van der Waals surface area contributed by atoms with Crippen LogP contribution in [0.15, 0.2) is 22.9 Å². The Bertz CT molecular complexity index is 505. The van der Waals surface area contributed by atoms with Crippen molar-refractivity contribution in [3.8, 4) is 11.3 Å². The second-order valence-corrected chi connectivity index (χ2v) is 4.29. The zero-order valence-corrected chi connectivity index (χ0v) is 10.2. The fourth-order valence-electron chi connectivity index (χ4n) is 1.51. The minimum atomic E-state index is -0.477. The second-order valence-electron chi connectivity index (χ2n) is 3.51. The Morgan fingerprint density at radius 1 is 1.65 bits per heavy atom. The predicted molar refractivity (Wildman–Crippen MR) is 65.9 cm³/mol. The van der Waals surface area contributed by atoms with E-state index in [4.69, 9.17) is 10.5 Å². The molecule has 0 saturated carbocycles. The van der Waals surface area contributed by atoms with E-state index < -0.39 is 5.91 Å². The van der Waals surface area contributed by atoms with Gasteiger partial charge < -0.3 is 10.5 Å². The molecule has 2 heterocycles. The Morgan fingerprint density at radius 2 is 2.47 bits per heavy atom. The SMILES string of the molecule is COCCn1nc(-c2ccsc2)cc1C(N)=O. The molecule has 0 aliphatic carbocycles. The molecule has 17 heavy (non-hydrogen) atoms. The maximum Gasteiger partial charge on any atom is 0.266 e. The monoisotopic (exact) mass is 251 g/mol. The summed E-state index contributed by atoms with van der Waals surface area (Å²) in [5, 5.41) is 8.30. The topological polar surface area (TPSA) is 70.1 Å². The Balaban J connectivity index is 2.34. The summed E-state index contributed by atoms with van der Waals surface area (Å²) < 4.78 is 6.55. The van der Waals surface area contributed by atoms with Crippen LogP contribution in [0.2, 0.25) is 0 Å². The van der Waals surface area contributed by atoms with Crippen LogP contribution >= 0.6 is 11.3 Å². The van der Waals surface area contributed by atoms with Crippen molar-refractivity contribution in [3.63, 3.8) is 0 Å². The molecule has 2 N–H and O–H groups in total. The largest absolute Gasteiger partial charge is 0.383 e. The van der Waals surface area contributed by atoms with Crippen molar-refractivity contribution in [3.05, 3.63) is 28.6 Å². The molecule has 0 radical (unpaired) electrons. The number of hydrogen-bond donors (Lipinski definition) is 1. The maximum absolute atomic E-state index is 11.3. The van der Waals surface area contributed by atoms with Crippen molar-refractivity contribution < 1.29 is 9.53 Å². The maximum atomic E-state index is 11.3. The zero-order valence-electron chi connectivity index (χ0n) is 9.42. The summed E-state index contributed by atoms with van der Waals surface area (Å²) in [7, 11) is 1.60. The van der Waals surface area contributed by atoms with E-state index in [-0.39, 0.29) is 0 Å². The van der Waals surface area contributed by atoms with Crippen LogP contribution in [0.5, 0.6) is 0 Å². The number of thiophene rings is 1. The van der Waals surface area contributed by atoms with E-state index in [2.05, 4.69) is 5.10 Å². The summed E-state index contributed by atoms with van der Waals surface area (Å²) >= 11 is 1.59. The molecule has 0 spiro atoms. The molecule has 0 aliphatic heterocycles. The molecule has 6 heteroatoms. The van der Waals surface area contributed by atoms with Crippen molar-refractivity contribution in [1.29, 1.82) is 0 Å². The molecule has 90 valence electrons. The first-order valence-corrected chi connectivity index (χ1v) is 6.06. The fourth-order valence-corrected chi connectivity index (χ4v) is 2.16. The molecule has 2 rings (SSSR count). The number of methoxy groups -OCH3 is 1. The van der Waals surface area contributed by atoms with Crippen LogP contribution in [0.3, 0.4) is 0 Å². The molecule has 0 aliphatic rings. The Labute approximate surface area is 103 Å². The standard InChI is InChI=1S/C11H13N3O2S/c1-16-4-3-14-10(11(12)15)6-9(13-14)8-2-5-17-7-8/h2,5-7H,3-4H2,1H3,(H2,12,15). The predicted octanol–water partition coefficient (Wildman–Crippen LogP) is 1.36. The van der Waals surface area contributed by atoms with Crippen molar-refractivity contribution in [2.24, 2.45) is 5.73 Å². The summed E-state index contributed by atoms with van der Waals surface area (Å²) in [6.07, 6.45) is 0. The number of hydrogen-bond acceptors (Lipinski definition) is 4. The molecule has 0 saturated heterocycles. The molecule has 2 aromatic rings. The Hall–Kier alpha value is -1.66. The zero-order chi connectivity index (χ0) is 12.3. The molecule has 0 atom stereocenters. The lowest BCUT2D eigenvalue weighted by Crippen LogP contribution is -2.19. The highest BCUT2D eigenvalue weighted by Crippen LogP contribution is 2.21. The van der Waals surface area contributed by atoms with Gasteiger partial charge in [0.25, 0.3) is 5.91 Å². The van der Waals surface area contributed by atoms with Crippen molar-refractivity contribution in [2.75, 3.05) is 13.7 Å². The van der Waals surface area contributed by atoms with Gasteiger partial charge in [-0.3, -0.25) is 9.48 Å². The van der Waals surface area contributed by atoms with Crippen molar-refractivity contribution in [1.82, 2.24) is 9.78 Å². The molecule has 0 aromatic carbocycles. The molecule has 0 unspecified atom stereocenters. The average Bonchev–Trinajstić information content (AvgIpc) is 2.94. The van der Waals surface area contributed by atoms with Gasteiger partial charge in [0, 0.05) is 18.1 Å². The van der Waals surface area contributed by atoms with Gasteiger partial charge in [-0.15, -0.1) is 0 Å². The molecular weight excluding hydrogens is 238 g/mol. The highest BCUT2D eigenvalue weighted by Gasteiger charge is 2.13. The van der Waals surface area contributed by atoms with Gasteiger partial charge >= 0.3 is 0 Å². The van der Waals surface area contributed by atoms with Crippen LogP contribution in [0.1, 0.15) is 10.5 Å². The summed E-state index contributed by atoms with van der Waals surface area (Å²) in [4.78, 5) is 11.3. The van der Waals surface area contributed by atoms with Gasteiger partial charge in [0.15, 0.2) is 0 Å². The van der Waals surface area contributed by atoms with Crippen LogP contribution < -0.4 is 5.73 Å². The van der Waals surface area contributed by atoms with Gasteiger partial charge in [0.05, 0.1) is 18.8 Å². The number of aromatic nitrogens is 2. The third-order valence-corrected chi connectivity index (χ3v) is 3.04. The van der Waals surface area contributed by atoms with Crippen LogP contribution in [0.25, 0.3) is 11.3 Å².